The summed E-state index contributed by atoms with van der Waals surface area (Å²) in [5, 5.41) is 22.4. The van der Waals surface area contributed by atoms with E-state index in [0.717, 1.165) is 11.1 Å². The number of amides is 1. The summed E-state index contributed by atoms with van der Waals surface area (Å²) >= 11 is 0. The molecule has 8 nitrogen and oxygen atoms in total. The van der Waals surface area contributed by atoms with E-state index in [1.165, 1.54) is 16.8 Å². The Morgan fingerprint density at radius 2 is 1.56 bits per heavy atom. The molecule has 160 valence electrons. The number of nitrogens with one attached hydrogen (secondary N) is 1. The molecule has 0 spiro atoms. The molecular formula is C24H21N5O3. The zero-order chi connectivity index (χ0) is 22.7. The van der Waals surface area contributed by atoms with Gasteiger partial charge in [-0.25, -0.2) is 4.68 Å². The van der Waals surface area contributed by atoms with E-state index in [2.05, 4.69) is 15.6 Å². The third-order valence-electron chi connectivity index (χ3n) is 5.46. The van der Waals surface area contributed by atoms with Crippen LogP contribution >= 0.6 is 0 Å². The number of nitro benzene ring substituents is 1. The van der Waals surface area contributed by atoms with Crippen molar-refractivity contribution in [2.75, 3.05) is 0 Å². The molecule has 0 aliphatic carbocycles. The number of rotatable bonds is 6. The Morgan fingerprint density at radius 1 is 0.969 bits per heavy atom. The number of aromatic nitrogens is 3. The highest BCUT2D eigenvalue weighted by Gasteiger charge is 2.32. The Balaban J connectivity index is 1.70. The van der Waals surface area contributed by atoms with Crippen LogP contribution in [0.15, 0.2) is 84.9 Å². The summed E-state index contributed by atoms with van der Waals surface area (Å²) in [4.78, 5) is 23.9. The quantitative estimate of drug-likeness (QED) is 0.367. The molecule has 0 aliphatic rings. The number of nitrogens with zero attached hydrogens (tertiary/aromatic N) is 4. The van der Waals surface area contributed by atoms with Crippen LogP contribution in [0.1, 0.15) is 34.2 Å². The Morgan fingerprint density at radius 3 is 2.12 bits per heavy atom. The molecule has 8 heteroatoms. The first-order chi connectivity index (χ1) is 15.4. The maximum absolute atomic E-state index is 13.3. The largest absolute Gasteiger partial charge is 0.337 e. The molecule has 0 atom stereocenters. The molecule has 0 bridgehead atoms. The number of carbonyl (C=O) groups is 1. The van der Waals surface area contributed by atoms with Gasteiger partial charge in [0.05, 0.1) is 21.8 Å². The van der Waals surface area contributed by atoms with Crippen molar-refractivity contribution in [1.29, 1.82) is 0 Å². The average Bonchev–Trinajstić information content (AvgIpc) is 3.21. The molecule has 1 amide bonds. The summed E-state index contributed by atoms with van der Waals surface area (Å²) in [7, 11) is 0. The molecule has 0 saturated heterocycles. The van der Waals surface area contributed by atoms with Gasteiger partial charge < -0.3 is 5.32 Å². The molecule has 0 radical (unpaired) electrons. The van der Waals surface area contributed by atoms with Gasteiger partial charge in [0.15, 0.2) is 5.69 Å². The highest BCUT2D eigenvalue weighted by Crippen LogP contribution is 2.30. The minimum atomic E-state index is -0.804. The highest BCUT2D eigenvalue weighted by molar-refractivity contribution is 5.94. The third-order valence-corrected chi connectivity index (χ3v) is 5.46. The topological polar surface area (TPSA) is 103 Å². The fourth-order valence-corrected chi connectivity index (χ4v) is 3.66. The van der Waals surface area contributed by atoms with Crippen LogP contribution in [-0.4, -0.2) is 25.8 Å². The summed E-state index contributed by atoms with van der Waals surface area (Å²) in [6.45, 7) is 3.64. The van der Waals surface area contributed by atoms with E-state index in [4.69, 9.17) is 0 Å². The van der Waals surface area contributed by atoms with Gasteiger partial charge in [-0.1, -0.05) is 71.9 Å². The fraction of sp³-hybridized carbons (Fsp3) is 0.125. The van der Waals surface area contributed by atoms with Crippen molar-refractivity contribution in [3.63, 3.8) is 0 Å². The maximum atomic E-state index is 13.3. The molecule has 0 unspecified atom stereocenters. The van der Waals surface area contributed by atoms with Gasteiger partial charge in [-0.2, -0.15) is 0 Å². The zero-order valence-electron chi connectivity index (χ0n) is 17.6. The summed E-state index contributed by atoms with van der Waals surface area (Å²) < 4.78 is 1.42. The van der Waals surface area contributed by atoms with Crippen molar-refractivity contribution in [3.05, 3.63) is 118 Å². The van der Waals surface area contributed by atoms with E-state index >= 15 is 0 Å². The van der Waals surface area contributed by atoms with Gasteiger partial charge in [-0.15, -0.1) is 5.10 Å². The Bertz CT molecular complexity index is 1230. The van der Waals surface area contributed by atoms with Crippen LogP contribution in [-0.2, 0) is 5.54 Å². The summed E-state index contributed by atoms with van der Waals surface area (Å²) in [6.07, 6.45) is 0. The molecule has 0 fully saturated rings. The summed E-state index contributed by atoms with van der Waals surface area (Å²) in [6, 6.07) is 25.4. The van der Waals surface area contributed by atoms with Crippen molar-refractivity contribution < 1.29 is 9.72 Å². The Kier molecular flexibility index (Phi) is 5.51. The van der Waals surface area contributed by atoms with Crippen molar-refractivity contribution in [3.8, 4) is 5.69 Å². The van der Waals surface area contributed by atoms with E-state index in [-0.39, 0.29) is 11.4 Å². The molecule has 0 aliphatic heterocycles. The Labute approximate surface area is 184 Å². The van der Waals surface area contributed by atoms with Gasteiger partial charge in [-0.05, 0) is 31.0 Å². The van der Waals surface area contributed by atoms with Crippen molar-refractivity contribution in [2.45, 2.75) is 19.4 Å². The standard InChI is InChI=1S/C24H21N5O3/c1-17-22(26-27-28(17)20-14-9-15-21(16-20)29(31)32)23(30)25-24(2,18-10-5-3-6-11-18)19-12-7-4-8-13-19/h3-16H,1-2H3,(H,25,30). The molecule has 3 aromatic carbocycles. The molecule has 4 rings (SSSR count). The van der Waals surface area contributed by atoms with Crippen LogP contribution in [0.2, 0.25) is 0 Å². The predicted molar refractivity (Wildman–Crippen MR) is 120 cm³/mol. The van der Waals surface area contributed by atoms with Crippen LogP contribution in [0.25, 0.3) is 5.69 Å². The van der Waals surface area contributed by atoms with Crippen molar-refractivity contribution in [1.82, 2.24) is 20.3 Å². The SMILES string of the molecule is Cc1c(C(=O)NC(C)(c2ccccc2)c2ccccc2)nnn1-c1cccc([N+](=O)[O-])c1. The number of hydrogen-bond donors (Lipinski definition) is 1. The maximum Gasteiger partial charge on any atom is 0.274 e. The lowest BCUT2D eigenvalue weighted by Crippen LogP contribution is -2.44. The van der Waals surface area contributed by atoms with E-state index in [9.17, 15) is 14.9 Å². The summed E-state index contributed by atoms with van der Waals surface area (Å²) in [5.74, 6) is -0.394. The molecular weight excluding hydrogens is 406 g/mol. The van der Waals surface area contributed by atoms with E-state index < -0.39 is 16.4 Å². The average molecular weight is 427 g/mol. The second-order valence-electron chi connectivity index (χ2n) is 7.52. The fourth-order valence-electron chi connectivity index (χ4n) is 3.66. The lowest BCUT2D eigenvalue weighted by molar-refractivity contribution is -0.384. The number of hydrogen-bond acceptors (Lipinski definition) is 5. The van der Waals surface area contributed by atoms with Crippen molar-refractivity contribution in [2.24, 2.45) is 0 Å². The van der Waals surface area contributed by atoms with Gasteiger partial charge in [0, 0.05) is 12.1 Å². The number of nitro groups is 1. The first-order valence-electron chi connectivity index (χ1n) is 10.0. The highest BCUT2D eigenvalue weighted by atomic mass is 16.6. The van der Waals surface area contributed by atoms with Crippen LogP contribution in [0.3, 0.4) is 0 Å². The van der Waals surface area contributed by atoms with E-state index in [1.807, 2.05) is 67.6 Å². The van der Waals surface area contributed by atoms with Gasteiger partial charge in [0.2, 0.25) is 0 Å². The lowest BCUT2D eigenvalue weighted by Gasteiger charge is -2.32. The van der Waals surface area contributed by atoms with Gasteiger partial charge in [0.25, 0.3) is 11.6 Å². The monoisotopic (exact) mass is 427 g/mol. The third kappa shape index (κ3) is 3.85. The smallest absolute Gasteiger partial charge is 0.274 e. The van der Waals surface area contributed by atoms with E-state index in [1.54, 1.807) is 19.1 Å². The first kappa shape index (κ1) is 20.9. The van der Waals surface area contributed by atoms with Gasteiger partial charge >= 0.3 is 0 Å². The molecule has 1 N–H and O–H groups in total. The van der Waals surface area contributed by atoms with Crippen LogP contribution in [0, 0.1) is 17.0 Å². The molecule has 32 heavy (non-hydrogen) atoms. The molecule has 0 saturated carbocycles. The normalized spacial score (nSPS) is 11.2. The Hall–Kier alpha value is -4.33. The lowest BCUT2D eigenvalue weighted by atomic mass is 9.84. The van der Waals surface area contributed by atoms with E-state index in [0.29, 0.717) is 11.4 Å². The van der Waals surface area contributed by atoms with Gasteiger partial charge in [0.1, 0.15) is 0 Å². The van der Waals surface area contributed by atoms with Crippen LogP contribution in [0.4, 0.5) is 5.69 Å². The molecule has 1 aromatic heterocycles. The second kappa shape index (κ2) is 8.43. The summed E-state index contributed by atoms with van der Waals surface area (Å²) in [5.41, 5.74) is 2.05. The number of benzene rings is 3. The minimum absolute atomic E-state index is 0.0656. The van der Waals surface area contributed by atoms with Crippen LogP contribution in [0.5, 0.6) is 0 Å². The molecule has 1 heterocycles. The van der Waals surface area contributed by atoms with Crippen LogP contribution < -0.4 is 5.32 Å². The first-order valence-corrected chi connectivity index (χ1v) is 10.0. The predicted octanol–water partition coefficient (Wildman–Crippen LogP) is 4.18. The zero-order valence-corrected chi connectivity index (χ0v) is 17.6. The van der Waals surface area contributed by atoms with Crippen molar-refractivity contribution >= 4 is 11.6 Å². The number of non-ortho nitro benzene ring substituents is 1. The number of carbonyl (C=O) groups excluding carboxylic acids is 1. The minimum Gasteiger partial charge on any atom is -0.337 e. The molecule has 4 aromatic rings. The second-order valence-corrected chi connectivity index (χ2v) is 7.52. The van der Waals surface area contributed by atoms with Gasteiger partial charge in [-0.3, -0.25) is 14.9 Å².